The van der Waals surface area contributed by atoms with Crippen molar-refractivity contribution >= 4 is 15.8 Å². The van der Waals surface area contributed by atoms with Crippen molar-refractivity contribution in [3.63, 3.8) is 0 Å². The predicted octanol–water partition coefficient (Wildman–Crippen LogP) is 1.12. The smallest absolute Gasteiger partial charge is 0.244 e. The number of methoxy groups -OCH3 is 1. The average Bonchev–Trinajstić information content (AvgIpc) is 2.28. The average molecular weight is 271 g/mol. The molecule has 0 fully saturated rings. The lowest BCUT2D eigenvalue weighted by atomic mass is 10.1. The van der Waals surface area contributed by atoms with E-state index in [2.05, 4.69) is 4.72 Å². The number of rotatable bonds is 6. The van der Waals surface area contributed by atoms with E-state index in [0.717, 1.165) is 0 Å². The molecule has 0 radical (unpaired) electrons. The number of nitrogens with one attached hydrogen (secondary N) is 1. The van der Waals surface area contributed by atoms with E-state index in [1.54, 1.807) is 19.1 Å². The zero-order valence-electron chi connectivity index (χ0n) is 10.7. The summed E-state index contributed by atoms with van der Waals surface area (Å²) in [4.78, 5) is 11.1. The van der Waals surface area contributed by atoms with Crippen LogP contribution in [0, 0.1) is 0 Å². The molecule has 6 heteroatoms. The molecule has 0 saturated carbocycles. The van der Waals surface area contributed by atoms with E-state index in [1.165, 1.54) is 20.1 Å². The zero-order chi connectivity index (χ0) is 13.8. The number of hydrogen-bond acceptors (Lipinski definition) is 4. The van der Waals surface area contributed by atoms with Crippen molar-refractivity contribution in [2.75, 3.05) is 13.7 Å². The van der Waals surface area contributed by atoms with Gasteiger partial charge in [0.1, 0.15) is 16.4 Å². The van der Waals surface area contributed by atoms with Gasteiger partial charge in [-0.05, 0) is 24.6 Å². The van der Waals surface area contributed by atoms with Crippen LogP contribution in [0.2, 0.25) is 0 Å². The van der Waals surface area contributed by atoms with E-state index in [4.69, 9.17) is 4.74 Å². The van der Waals surface area contributed by atoms with E-state index >= 15 is 0 Å². The molecule has 1 N–H and O–H groups in total. The van der Waals surface area contributed by atoms with Crippen LogP contribution in [0.3, 0.4) is 0 Å². The van der Waals surface area contributed by atoms with Crippen LogP contribution >= 0.6 is 0 Å². The lowest BCUT2D eigenvalue weighted by Gasteiger charge is -2.11. The number of Topliss-reactive ketones (excluding diaryl/α,β-unsaturated/α-hetero) is 1. The van der Waals surface area contributed by atoms with Crippen LogP contribution in [0.4, 0.5) is 0 Å². The summed E-state index contributed by atoms with van der Waals surface area (Å²) in [6.45, 7) is 3.45. The molecule has 100 valence electrons. The van der Waals surface area contributed by atoms with Gasteiger partial charge in [0.15, 0.2) is 0 Å². The Bertz CT molecular complexity index is 537. The second kappa shape index (κ2) is 5.97. The van der Waals surface area contributed by atoms with Gasteiger partial charge < -0.3 is 4.74 Å². The minimum atomic E-state index is -3.60. The highest BCUT2D eigenvalue weighted by Crippen LogP contribution is 2.25. The van der Waals surface area contributed by atoms with Crippen molar-refractivity contribution < 1.29 is 17.9 Å². The number of carbonyl (C=O) groups excluding carboxylic acids is 1. The molecule has 5 nitrogen and oxygen atoms in total. The van der Waals surface area contributed by atoms with Gasteiger partial charge in [0.05, 0.1) is 7.11 Å². The molecule has 18 heavy (non-hydrogen) atoms. The lowest BCUT2D eigenvalue weighted by Crippen LogP contribution is -2.23. The van der Waals surface area contributed by atoms with E-state index in [9.17, 15) is 13.2 Å². The SMILES string of the molecule is CCNS(=O)(=O)c1cc(CC(C)=O)ccc1OC. The van der Waals surface area contributed by atoms with E-state index in [0.29, 0.717) is 12.1 Å². The van der Waals surface area contributed by atoms with Crippen LogP contribution in [0.15, 0.2) is 23.1 Å². The van der Waals surface area contributed by atoms with Crippen LogP contribution in [0.5, 0.6) is 5.75 Å². The van der Waals surface area contributed by atoms with Gasteiger partial charge in [-0.3, -0.25) is 4.79 Å². The topological polar surface area (TPSA) is 72.5 Å². The molecule has 1 aromatic carbocycles. The Kier molecular flexibility index (Phi) is 4.86. The first-order valence-electron chi connectivity index (χ1n) is 5.56. The van der Waals surface area contributed by atoms with Crippen LogP contribution in [-0.4, -0.2) is 27.9 Å². The summed E-state index contributed by atoms with van der Waals surface area (Å²) in [6, 6.07) is 4.71. The molecule has 0 bridgehead atoms. The monoisotopic (exact) mass is 271 g/mol. The highest BCUT2D eigenvalue weighted by Gasteiger charge is 2.19. The summed E-state index contributed by atoms with van der Waals surface area (Å²) in [5, 5.41) is 0. The number of carbonyl (C=O) groups is 1. The fourth-order valence-electron chi connectivity index (χ4n) is 1.60. The summed E-state index contributed by atoms with van der Waals surface area (Å²) < 4.78 is 31.4. The molecule has 0 aromatic heterocycles. The summed E-state index contributed by atoms with van der Waals surface area (Å²) >= 11 is 0. The van der Waals surface area contributed by atoms with Gasteiger partial charge in [0, 0.05) is 13.0 Å². The van der Waals surface area contributed by atoms with Crippen LogP contribution in [-0.2, 0) is 21.2 Å². The molecule has 0 aliphatic rings. The second-order valence-electron chi connectivity index (χ2n) is 3.87. The molecule has 1 aromatic rings. The fourth-order valence-corrected chi connectivity index (χ4v) is 2.85. The molecule has 0 aliphatic carbocycles. The molecule has 0 saturated heterocycles. The van der Waals surface area contributed by atoms with Crippen LogP contribution in [0.25, 0.3) is 0 Å². The molecular weight excluding hydrogens is 254 g/mol. The Morgan fingerprint density at radius 2 is 2.06 bits per heavy atom. The third-order valence-electron chi connectivity index (χ3n) is 2.30. The molecule has 0 aliphatic heterocycles. The van der Waals surface area contributed by atoms with Gasteiger partial charge in [0.2, 0.25) is 10.0 Å². The maximum Gasteiger partial charge on any atom is 0.244 e. The van der Waals surface area contributed by atoms with Gasteiger partial charge in [0.25, 0.3) is 0 Å². The first-order chi connectivity index (χ1) is 8.40. The largest absolute Gasteiger partial charge is 0.495 e. The normalized spacial score (nSPS) is 11.3. The van der Waals surface area contributed by atoms with Crippen LogP contribution < -0.4 is 9.46 Å². The maximum absolute atomic E-state index is 12.0. The van der Waals surface area contributed by atoms with Crippen molar-refractivity contribution in [3.8, 4) is 5.75 Å². The predicted molar refractivity (Wildman–Crippen MR) is 68.2 cm³/mol. The number of ketones is 1. The van der Waals surface area contributed by atoms with E-state index in [-0.39, 0.29) is 22.8 Å². The third-order valence-corrected chi connectivity index (χ3v) is 3.87. The van der Waals surface area contributed by atoms with Gasteiger partial charge in [-0.15, -0.1) is 0 Å². The fraction of sp³-hybridized carbons (Fsp3) is 0.417. The zero-order valence-corrected chi connectivity index (χ0v) is 11.5. The third kappa shape index (κ3) is 3.54. The van der Waals surface area contributed by atoms with Gasteiger partial charge in [-0.25, -0.2) is 13.1 Å². The Balaban J connectivity index is 3.26. The molecular formula is C12H17NO4S. The quantitative estimate of drug-likeness (QED) is 0.841. The maximum atomic E-state index is 12.0. The minimum Gasteiger partial charge on any atom is -0.495 e. The summed E-state index contributed by atoms with van der Waals surface area (Å²) in [5.74, 6) is 0.246. The Morgan fingerprint density at radius 1 is 1.39 bits per heavy atom. The molecule has 0 unspecified atom stereocenters. The van der Waals surface area contributed by atoms with Crippen LogP contribution in [0.1, 0.15) is 19.4 Å². The highest BCUT2D eigenvalue weighted by atomic mass is 32.2. The Morgan fingerprint density at radius 3 is 2.56 bits per heavy atom. The first kappa shape index (κ1) is 14.7. The van der Waals surface area contributed by atoms with Gasteiger partial charge in [-0.2, -0.15) is 0 Å². The standard InChI is InChI=1S/C12H17NO4S/c1-4-13-18(15,16)12-8-10(7-9(2)14)5-6-11(12)17-3/h5-6,8,13H,4,7H2,1-3H3. The number of benzene rings is 1. The molecule has 0 heterocycles. The molecule has 0 atom stereocenters. The molecule has 1 rings (SSSR count). The van der Waals surface area contributed by atoms with E-state index < -0.39 is 10.0 Å². The Hall–Kier alpha value is -1.40. The minimum absolute atomic E-state index is 0.0213. The first-order valence-corrected chi connectivity index (χ1v) is 7.05. The Labute approximate surface area is 107 Å². The van der Waals surface area contributed by atoms with Crippen molar-refractivity contribution in [1.29, 1.82) is 0 Å². The highest BCUT2D eigenvalue weighted by molar-refractivity contribution is 7.89. The number of sulfonamides is 1. The van der Waals surface area contributed by atoms with Gasteiger partial charge in [-0.1, -0.05) is 13.0 Å². The van der Waals surface area contributed by atoms with Crippen molar-refractivity contribution in [2.45, 2.75) is 25.2 Å². The van der Waals surface area contributed by atoms with Crippen molar-refractivity contribution in [3.05, 3.63) is 23.8 Å². The number of hydrogen-bond donors (Lipinski definition) is 1. The summed E-state index contributed by atoms with van der Waals surface area (Å²) in [6.07, 6.45) is 0.207. The number of ether oxygens (including phenoxy) is 1. The lowest BCUT2D eigenvalue weighted by molar-refractivity contribution is -0.116. The van der Waals surface area contributed by atoms with Crippen molar-refractivity contribution in [2.24, 2.45) is 0 Å². The van der Waals surface area contributed by atoms with Gasteiger partial charge >= 0.3 is 0 Å². The second-order valence-corrected chi connectivity index (χ2v) is 5.60. The van der Waals surface area contributed by atoms with Crippen molar-refractivity contribution in [1.82, 2.24) is 4.72 Å². The molecule has 0 spiro atoms. The summed E-state index contributed by atoms with van der Waals surface area (Å²) in [7, 11) is -2.19. The molecule has 0 amide bonds. The summed E-state index contributed by atoms with van der Waals surface area (Å²) in [5.41, 5.74) is 0.653. The van der Waals surface area contributed by atoms with E-state index in [1.807, 2.05) is 0 Å².